The van der Waals surface area contributed by atoms with Crippen molar-refractivity contribution in [3.05, 3.63) is 66.5 Å². The highest BCUT2D eigenvalue weighted by atomic mass is 16.5. The van der Waals surface area contributed by atoms with Gasteiger partial charge in [0.15, 0.2) is 0 Å². The first kappa shape index (κ1) is 15.4. The Hall–Kier alpha value is -3.08. The van der Waals surface area contributed by atoms with Crippen LogP contribution in [0.25, 0.3) is 11.1 Å². The minimum Gasteiger partial charge on any atom is -0.497 e. The molecule has 1 saturated heterocycles. The molecule has 1 fully saturated rings. The smallest absolute Gasteiger partial charge is 0.234 e. The monoisotopic (exact) mass is 333 g/mol. The molecule has 5 heteroatoms. The molecular weight excluding hydrogens is 314 g/mol. The number of aromatic nitrogens is 2. The number of carbonyl (C=O) groups is 1. The van der Waals surface area contributed by atoms with Gasteiger partial charge in [-0.25, -0.2) is 0 Å². The third-order valence-electron chi connectivity index (χ3n) is 4.71. The molecule has 1 N–H and O–H groups in total. The summed E-state index contributed by atoms with van der Waals surface area (Å²) in [6.45, 7) is 0.728. The van der Waals surface area contributed by atoms with Gasteiger partial charge in [0, 0.05) is 24.0 Å². The van der Waals surface area contributed by atoms with Gasteiger partial charge >= 0.3 is 0 Å². The molecule has 0 saturated carbocycles. The van der Waals surface area contributed by atoms with Crippen LogP contribution in [0.5, 0.6) is 5.75 Å². The van der Waals surface area contributed by atoms with Gasteiger partial charge in [-0.15, -0.1) is 0 Å². The second kappa shape index (κ2) is 6.43. The van der Waals surface area contributed by atoms with Crippen LogP contribution in [0.4, 0.5) is 5.69 Å². The number of nitrogens with zero attached hydrogens (tertiary/aromatic N) is 2. The first-order valence-corrected chi connectivity index (χ1v) is 8.31. The predicted molar refractivity (Wildman–Crippen MR) is 96.7 cm³/mol. The van der Waals surface area contributed by atoms with Crippen molar-refractivity contribution in [1.29, 1.82) is 0 Å². The summed E-state index contributed by atoms with van der Waals surface area (Å²) in [5.74, 6) is 0.821. The van der Waals surface area contributed by atoms with Crippen molar-refractivity contribution in [3.63, 3.8) is 0 Å². The van der Waals surface area contributed by atoms with E-state index in [1.54, 1.807) is 13.3 Å². The van der Waals surface area contributed by atoms with E-state index in [1.165, 1.54) is 0 Å². The van der Waals surface area contributed by atoms with E-state index in [4.69, 9.17) is 4.74 Å². The predicted octanol–water partition coefficient (Wildman–Crippen LogP) is 3.61. The van der Waals surface area contributed by atoms with Gasteiger partial charge in [-0.2, -0.15) is 5.10 Å². The highest BCUT2D eigenvalue weighted by Crippen LogP contribution is 2.34. The lowest BCUT2D eigenvalue weighted by Gasteiger charge is -2.17. The molecule has 4 rings (SSSR count). The largest absolute Gasteiger partial charge is 0.497 e. The number of hydrogen-bond acceptors (Lipinski definition) is 3. The fourth-order valence-corrected chi connectivity index (χ4v) is 3.35. The van der Waals surface area contributed by atoms with E-state index in [9.17, 15) is 4.79 Å². The van der Waals surface area contributed by atoms with Crippen LogP contribution < -0.4 is 9.64 Å². The molecule has 1 unspecified atom stereocenters. The fraction of sp³-hybridized carbons (Fsp3) is 0.200. The van der Waals surface area contributed by atoms with Crippen LogP contribution in [0, 0.1) is 0 Å². The van der Waals surface area contributed by atoms with Gasteiger partial charge in [-0.05, 0) is 41.8 Å². The summed E-state index contributed by atoms with van der Waals surface area (Å²) in [5.41, 5.74) is 4.06. The van der Waals surface area contributed by atoms with Crippen molar-refractivity contribution in [2.75, 3.05) is 18.6 Å². The lowest BCUT2D eigenvalue weighted by Crippen LogP contribution is -2.26. The van der Waals surface area contributed by atoms with Crippen LogP contribution >= 0.6 is 0 Å². The van der Waals surface area contributed by atoms with Crippen LogP contribution in [-0.4, -0.2) is 29.8 Å². The maximum Gasteiger partial charge on any atom is 0.234 e. The molecule has 0 spiro atoms. The average Bonchev–Trinajstić information content (AvgIpc) is 3.32. The van der Waals surface area contributed by atoms with Gasteiger partial charge in [-0.1, -0.05) is 24.3 Å². The number of ether oxygens (including phenoxy) is 1. The Morgan fingerprint density at radius 2 is 2.00 bits per heavy atom. The Kier molecular flexibility index (Phi) is 3.98. The molecule has 2 aromatic carbocycles. The van der Waals surface area contributed by atoms with Crippen molar-refractivity contribution < 1.29 is 9.53 Å². The molecule has 0 aliphatic carbocycles. The molecule has 25 heavy (non-hydrogen) atoms. The lowest BCUT2D eigenvalue weighted by molar-refractivity contribution is -0.118. The van der Waals surface area contributed by atoms with E-state index < -0.39 is 0 Å². The Morgan fingerprint density at radius 1 is 1.16 bits per heavy atom. The minimum atomic E-state index is -0.108. The van der Waals surface area contributed by atoms with Crippen LogP contribution in [0.15, 0.2) is 60.9 Å². The zero-order valence-corrected chi connectivity index (χ0v) is 14.0. The van der Waals surface area contributed by atoms with E-state index in [2.05, 4.69) is 10.2 Å². The number of nitrogens with one attached hydrogen (secondary N) is 1. The summed E-state index contributed by atoms with van der Waals surface area (Å²) in [5, 5.41) is 6.78. The number of amides is 1. The maximum atomic E-state index is 12.9. The summed E-state index contributed by atoms with van der Waals surface area (Å²) in [6, 6.07) is 15.8. The molecule has 1 aliphatic heterocycles. The fourth-order valence-electron chi connectivity index (χ4n) is 3.35. The zero-order chi connectivity index (χ0) is 17.2. The van der Waals surface area contributed by atoms with Crippen LogP contribution in [0.1, 0.15) is 17.9 Å². The van der Waals surface area contributed by atoms with E-state index in [-0.39, 0.29) is 11.8 Å². The number of anilines is 1. The number of methoxy groups -OCH3 is 1. The van der Waals surface area contributed by atoms with Crippen LogP contribution in [0.3, 0.4) is 0 Å². The summed E-state index contributed by atoms with van der Waals surface area (Å²) >= 11 is 0. The lowest BCUT2D eigenvalue weighted by atomic mass is 9.97. The molecule has 1 aromatic heterocycles. The van der Waals surface area contributed by atoms with Crippen LogP contribution in [0.2, 0.25) is 0 Å². The number of carbonyl (C=O) groups excluding carboxylic acids is 1. The SMILES string of the molecule is COc1cccc(C2CCN(c3ccc(-c4cn[nH]c4)cc3)C2=O)c1. The molecule has 0 radical (unpaired) electrons. The highest BCUT2D eigenvalue weighted by molar-refractivity contribution is 6.00. The Labute approximate surface area is 146 Å². The highest BCUT2D eigenvalue weighted by Gasteiger charge is 2.33. The molecule has 126 valence electrons. The van der Waals surface area contributed by atoms with Gasteiger partial charge in [0.2, 0.25) is 5.91 Å². The molecule has 3 aromatic rings. The van der Waals surface area contributed by atoms with E-state index in [0.717, 1.165) is 41.1 Å². The maximum absolute atomic E-state index is 12.9. The number of rotatable bonds is 4. The summed E-state index contributed by atoms with van der Waals surface area (Å²) < 4.78 is 5.28. The zero-order valence-electron chi connectivity index (χ0n) is 14.0. The molecule has 1 aliphatic rings. The number of H-pyrrole nitrogens is 1. The third kappa shape index (κ3) is 2.89. The van der Waals surface area contributed by atoms with Crippen molar-refractivity contribution >= 4 is 11.6 Å². The molecular formula is C20H19N3O2. The number of aromatic amines is 1. The standard InChI is InChI=1S/C20H19N3O2/c1-25-18-4-2-3-15(11-18)19-9-10-23(20(19)24)17-7-5-14(6-8-17)16-12-21-22-13-16/h2-8,11-13,19H,9-10H2,1H3,(H,21,22). The molecule has 5 nitrogen and oxygen atoms in total. The van der Waals surface area contributed by atoms with Gasteiger partial charge in [-0.3, -0.25) is 9.89 Å². The van der Waals surface area contributed by atoms with E-state index in [1.807, 2.05) is 59.6 Å². The molecule has 1 amide bonds. The molecule has 2 heterocycles. The van der Waals surface area contributed by atoms with Gasteiger partial charge in [0.25, 0.3) is 0 Å². The molecule has 1 atom stereocenters. The number of benzene rings is 2. The van der Waals surface area contributed by atoms with Crippen molar-refractivity contribution in [2.24, 2.45) is 0 Å². The molecule has 0 bridgehead atoms. The van der Waals surface area contributed by atoms with E-state index >= 15 is 0 Å². The van der Waals surface area contributed by atoms with E-state index in [0.29, 0.717) is 0 Å². The average molecular weight is 333 g/mol. The summed E-state index contributed by atoms with van der Waals surface area (Å²) in [4.78, 5) is 14.8. The third-order valence-corrected chi connectivity index (χ3v) is 4.71. The first-order valence-electron chi connectivity index (χ1n) is 8.31. The van der Waals surface area contributed by atoms with Gasteiger partial charge < -0.3 is 9.64 Å². The Bertz CT molecular complexity index is 872. The number of hydrogen-bond donors (Lipinski definition) is 1. The summed E-state index contributed by atoms with van der Waals surface area (Å²) in [6.07, 6.45) is 4.46. The Morgan fingerprint density at radius 3 is 2.72 bits per heavy atom. The second-order valence-electron chi connectivity index (χ2n) is 6.14. The van der Waals surface area contributed by atoms with Gasteiger partial charge in [0.05, 0.1) is 19.2 Å². The minimum absolute atomic E-state index is 0.108. The topological polar surface area (TPSA) is 58.2 Å². The quantitative estimate of drug-likeness (QED) is 0.793. The van der Waals surface area contributed by atoms with Crippen molar-refractivity contribution in [1.82, 2.24) is 10.2 Å². The first-order chi connectivity index (χ1) is 12.3. The van der Waals surface area contributed by atoms with Gasteiger partial charge in [0.1, 0.15) is 5.75 Å². The second-order valence-corrected chi connectivity index (χ2v) is 6.14. The normalized spacial score (nSPS) is 17.1. The van der Waals surface area contributed by atoms with Crippen molar-refractivity contribution in [3.8, 4) is 16.9 Å². The summed E-state index contributed by atoms with van der Waals surface area (Å²) in [7, 11) is 1.64. The Balaban J connectivity index is 1.55. The van der Waals surface area contributed by atoms with Crippen LogP contribution in [-0.2, 0) is 4.79 Å². The van der Waals surface area contributed by atoms with Crippen molar-refractivity contribution in [2.45, 2.75) is 12.3 Å².